The van der Waals surface area contributed by atoms with Gasteiger partial charge in [0, 0.05) is 25.7 Å². The van der Waals surface area contributed by atoms with E-state index >= 15 is 0 Å². The molecule has 0 spiro atoms. The number of hydrogen-bond acceptors (Lipinski definition) is 2. The Hall–Kier alpha value is -1.61. The summed E-state index contributed by atoms with van der Waals surface area (Å²) >= 11 is 0. The van der Waals surface area contributed by atoms with Crippen LogP contribution in [-0.4, -0.2) is 22.4 Å². The Balaban J connectivity index is 1.91. The molecule has 3 nitrogen and oxygen atoms in total. The molecule has 3 heteroatoms. The normalized spacial score (nSPS) is 12.6. The van der Waals surface area contributed by atoms with Crippen LogP contribution in [0.4, 0.5) is 0 Å². The predicted octanol–water partition coefficient (Wildman–Crippen LogP) is 2.88. The van der Waals surface area contributed by atoms with Crippen molar-refractivity contribution in [1.29, 1.82) is 0 Å². The van der Waals surface area contributed by atoms with Crippen molar-refractivity contribution < 1.29 is 0 Å². The van der Waals surface area contributed by atoms with Gasteiger partial charge in [0.25, 0.3) is 0 Å². The topological polar surface area (TPSA) is 29.9 Å². The number of hydrogen-bond donors (Lipinski definition) is 1. The van der Waals surface area contributed by atoms with Gasteiger partial charge in [-0.15, -0.1) is 0 Å². The highest BCUT2D eigenvalue weighted by molar-refractivity contribution is 5.22. The van der Waals surface area contributed by atoms with Crippen molar-refractivity contribution in [1.82, 2.24) is 15.1 Å². The molecular formula is C17H25N3. The van der Waals surface area contributed by atoms with Gasteiger partial charge in [-0.1, -0.05) is 36.8 Å². The minimum atomic E-state index is 0.496. The van der Waals surface area contributed by atoms with Gasteiger partial charge in [0.2, 0.25) is 0 Å². The molecule has 1 unspecified atom stereocenters. The first-order chi connectivity index (χ1) is 9.67. The van der Waals surface area contributed by atoms with Crippen LogP contribution in [0, 0.1) is 6.92 Å². The van der Waals surface area contributed by atoms with E-state index < -0.39 is 0 Å². The number of nitrogens with zero attached hydrogens (tertiary/aromatic N) is 2. The zero-order valence-electron chi connectivity index (χ0n) is 12.8. The third-order valence-corrected chi connectivity index (χ3v) is 3.58. The summed E-state index contributed by atoms with van der Waals surface area (Å²) in [7, 11) is 1.97. The first-order valence-electron chi connectivity index (χ1n) is 7.45. The second-order valence-electron chi connectivity index (χ2n) is 5.47. The highest BCUT2D eigenvalue weighted by atomic mass is 15.2. The summed E-state index contributed by atoms with van der Waals surface area (Å²) in [4.78, 5) is 0. The smallest absolute Gasteiger partial charge is 0.0640 e. The molecule has 0 fully saturated rings. The van der Waals surface area contributed by atoms with E-state index in [1.54, 1.807) is 0 Å². The monoisotopic (exact) mass is 271 g/mol. The van der Waals surface area contributed by atoms with E-state index in [9.17, 15) is 0 Å². The molecule has 108 valence electrons. The van der Waals surface area contributed by atoms with E-state index in [2.05, 4.69) is 54.6 Å². The SMILES string of the molecule is CCNC(CCc1cccc(C)c1)Cc1ccn(C)n1. The van der Waals surface area contributed by atoms with E-state index in [1.807, 2.05) is 17.9 Å². The Bertz CT molecular complexity index is 531. The average Bonchev–Trinajstić information content (AvgIpc) is 2.82. The number of nitrogens with one attached hydrogen (secondary N) is 1. The number of likely N-dealkylation sites (N-methyl/N-ethyl adjacent to an activating group) is 1. The molecule has 0 aliphatic carbocycles. The highest BCUT2D eigenvalue weighted by Crippen LogP contribution is 2.10. The lowest BCUT2D eigenvalue weighted by molar-refractivity contribution is 0.484. The summed E-state index contributed by atoms with van der Waals surface area (Å²) in [6, 6.07) is 11.4. The molecule has 1 aromatic carbocycles. The third-order valence-electron chi connectivity index (χ3n) is 3.58. The van der Waals surface area contributed by atoms with Gasteiger partial charge in [0.15, 0.2) is 0 Å². The lowest BCUT2D eigenvalue weighted by Crippen LogP contribution is -2.31. The van der Waals surface area contributed by atoms with Crippen molar-refractivity contribution in [2.75, 3.05) is 6.54 Å². The minimum absolute atomic E-state index is 0.496. The lowest BCUT2D eigenvalue weighted by atomic mass is 10.0. The van der Waals surface area contributed by atoms with Gasteiger partial charge in [-0.25, -0.2) is 0 Å². The minimum Gasteiger partial charge on any atom is -0.314 e. The maximum absolute atomic E-state index is 4.48. The molecular weight excluding hydrogens is 246 g/mol. The molecule has 2 aromatic rings. The molecule has 1 atom stereocenters. The molecule has 0 amide bonds. The van der Waals surface area contributed by atoms with Crippen LogP contribution >= 0.6 is 0 Å². The quantitative estimate of drug-likeness (QED) is 0.839. The van der Waals surface area contributed by atoms with Gasteiger partial charge in [0.05, 0.1) is 5.69 Å². The first kappa shape index (κ1) is 14.8. The van der Waals surface area contributed by atoms with Crippen LogP contribution in [0.3, 0.4) is 0 Å². The van der Waals surface area contributed by atoms with Crippen molar-refractivity contribution in [2.24, 2.45) is 7.05 Å². The molecule has 1 N–H and O–H groups in total. The van der Waals surface area contributed by atoms with Crippen molar-refractivity contribution >= 4 is 0 Å². The summed E-state index contributed by atoms with van der Waals surface area (Å²) in [6.07, 6.45) is 5.28. The van der Waals surface area contributed by atoms with Crippen molar-refractivity contribution in [3.8, 4) is 0 Å². The molecule has 2 rings (SSSR count). The number of aromatic nitrogens is 2. The van der Waals surface area contributed by atoms with Crippen LogP contribution < -0.4 is 5.32 Å². The van der Waals surface area contributed by atoms with Crippen molar-refractivity contribution in [3.05, 3.63) is 53.3 Å². The van der Waals surface area contributed by atoms with Gasteiger partial charge in [0.1, 0.15) is 0 Å². The van der Waals surface area contributed by atoms with Gasteiger partial charge in [-0.05, 0) is 37.9 Å². The molecule has 0 radical (unpaired) electrons. The Morgan fingerprint density at radius 2 is 2.15 bits per heavy atom. The van der Waals surface area contributed by atoms with Crippen LogP contribution in [0.25, 0.3) is 0 Å². The molecule has 1 heterocycles. The number of benzene rings is 1. The second kappa shape index (κ2) is 7.25. The van der Waals surface area contributed by atoms with Crippen LogP contribution in [0.15, 0.2) is 36.5 Å². The summed E-state index contributed by atoms with van der Waals surface area (Å²) in [5, 5.41) is 8.05. The van der Waals surface area contributed by atoms with E-state index in [-0.39, 0.29) is 0 Å². The maximum Gasteiger partial charge on any atom is 0.0640 e. The van der Waals surface area contributed by atoms with Crippen LogP contribution in [0.1, 0.15) is 30.2 Å². The van der Waals surface area contributed by atoms with Crippen molar-refractivity contribution in [3.63, 3.8) is 0 Å². The zero-order valence-corrected chi connectivity index (χ0v) is 12.8. The van der Waals surface area contributed by atoms with Crippen LogP contribution in [0.5, 0.6) is 0 Å². The summed E-state index contributed by atoms with van der Waals surface area (Å²) in [5.74, 6) is 0. The largest absolute Gasteiger partial charge is 0.314 e. The first-order valence-corrected chi connectivity index (χ1v) is 7.45. The fourth-order valence-corrected chi connectivity index (χ4v) is 2.60. The molecule has 0 aliphatic rings. The van der Waals surface area contributed by atoms with Crippen molar-refractivity contribution in [2.45, 2.75) is 39.2 Å². The Kier molecular flexibility index (Phi) is 5.36. The maximum atomic E-state index is 4.48. The highest BCUT2D eigenvalue weighted by Gasteiger charge is 2.10. The Labute approximate surface area is 122 Å². The standard InChI is InChI=1S/C17H25N3/c1-4-18-16(13-17-10-11-20(3)19-17)9-8-15-7-5-6-14(2)12-15/h5-7,10-12,16,18H,4,8-9,13H2,1-3H3. The van der Waals surface area contributed by atoms with Gasteiger partial charge < -0.3 is 5.32 Å². The molecule has 20 heavy (non-hydrogen) atoms. The Morgan fingerprint density at radius 3 is 2.80 bits per heavy atom. The van der Waals surface area contributed by atoms with E-state index in [1.165, 1.54) is 16.8 Å². The van der Waals surface area contributed by atoms with E-state index in [0.29, 0.717) is 6.04 Å². The summed E-state index contributed by atoms with van der Waals surface area (Å²) < 4.78 is 1.87. The second-order valence-corrected chi connectivity index (χ2v) is 5.47. The predicted molar refractivity (Wildman–Crippen MR) is 83.9 cm³/mol. The lowest BCUT2D eigenvalue weighted by Gasteiger charge is -2.17. The summed E-state index contributed by atoms with van der Waals surface area (Å²) in [5.41, 5.74) is 3.93. The molecule has 0 bridgehead atoms. The van der Waals surface area contributed by atoms with Crippen LogP contribution in [0.2, 0.25) is 0 Å². The third kappa shape index (κ3) is 4.49. The number of aryl methyl sites for hydroxylation is 3. The van der Waals surface area contributed by atoms with Gasteiger partial charge >= 0.3 is 0 Å². The fourth-order valence-electron chi connectivity index (χ4n) is 2.60. The Morgan fingerprint density at radius 1 is 1.30 bits per heavy atom. The molecule has 0 saturated carbocycles. The van der Waals surface area contributed by atoms with E-state index in [0.717, 1.165) is 25.8 Å². The molecule has 0 saturated heterocycles. The molecule has 0 aliphatic heterocycles. The summed E-state index contributed by atoms with van der Waals surface area (Å²) in [6.45, 7) is 5.32. The van der Waals surface area contributed by atoms with Gasteiger partial charge in [-0.2, -0.15) is 5.10 Å². The van der Waals surface area contributed by atoms with E-state index in [4.69, 9.17) is 0 Å². The van der Waals surface area contributed by atoms with Crippen LogP contribution in [-0.2, 0) is 19.9 Å². The molecule has 1 aromatic heterocycles. The fraction of sp³-hybridized carbons (Fsp3) is 0.471. The average molecular weight is 271 g/mol. The van der Waals surface area contributed by atoms with Gasteiger partial charge in [-0.3, -0.25) is 4.68 Å². The number of rotatable bonds is 7. The zero-order chi connectivity index (χ0) is 14.4.